The minimum Gasteiger partial charge on any atom is -0.307 e. The zero-order valence-electron chi connectivity index (χ0n) is 16.0. The van der Waals surface area contributed by atoms with Crippen LogP contribution in [0.25, 0.3) is 16.6 Å². The van der Waals surface area contributed by atoms with Gasteiger partial charge in [-0.3, -0.25) is 14.1 Å². The zero-order valence-corrected chi connectivity index (χ0v) is 20.7. The number of hydrogen-bond acceptors (Lipinski definition) is 5. The number of carbonyl (C=O) groups excluding carboxylic acids is 1. The minimum absolute atomic E-state index is 0.250. The molecule has 2 N–H and O–H groups in total. The quantitative estimate of drug-likeness (QED) is 0.323. The fourth-order valence-corrected chi connectivity index (χ4v) is 4.86. The Morgan fingerprint density at radius 2 is 2.06 bits per heavy atom. The number of benzene rings is 2. The van der Waals surface area contributed by atoms with E-state index in [1.807, 2.05) is 19.1 Å². The average molecular weight is 558 g/mol. The molecule has 2 aromatic carbocycles. The molecule has 0 spiro atoms. The maximum absolute atomic E-state index is 12.9. The maximum atomic E-state index is 12.9. The van der Waals surface area contributed by atoms with Crippen molar-refractivity contribution >= 4 is 85.5 Å². The molecule has 0 atom stereocenters. The van der Waals surface area contributed by atoms with E-state index in [9.17, 15) is 9.59 Å². The fraction of sp³-hybridized carbons (Fsp3) is 0.0500. The van der Waals surface area contributed by atoms with Gasteiger partial charge >= 0.3 is 6.03 Å². The lowest BCUT2D eigenvalue weighted by atomic mass is 10.2. The van der Waals surface area contributed by atoms with E-state index < -0.39 is 6.03 Å². The number of halogens is 3. The summed E-state index contributed by atoms with van der Waals surface area (Å²) in [5.41, 5.74) is 1.26. The maximum Gasteiger partial charge on any atom is 0.329 e. The van der Waals surface area contributed by atoms with Crippen LogP contribution in [0, 0.1) is 0 Å². The first kappa shape index (κ1) is 23.7. The Morgan fingerprint density at radius 3 is 2.74 bits per heavy atom. The molecule has 0 aliphatic heterocycles. The second-order valence-corrected chi connectivity index (χ2v) is 10.2. The molecule has 0 saturated heterocycles. The topological polar surface area (TPSA) is 76.0 Å². The standard InChI is InChI=1S/C20H15BrCl2N4O2S2/c1-3-18(30-11(2)22)31-26-20(29)25-13-5-7-17(15(23)9-13)27-10-24-16-6-4-12(21)8-14(16)19(27)28/h3-10H,2H2,1H3,(H2,25,26,29)/b18-3+. The number of nitrogens with one attached hydrogen (secondary N) is 2. The number of aromatic nitrogens is 2. The Hall–Kier alpha value is -1.91. The number of urea groups is 1. The highest BCUT2D eigenvalue weighted by molar-refractivity contribution is 9.10. The molecule has 0 aliphatic rings. The van der Waals surface area contributed by atoms with Crippen molar-refractivity contribution in [2.75, 3.05) is 5.32 Å². The molecule has 160 valence electrons. The van der Waals surface area contributed by atoms with Crippen molar-refractivity contribution in [1.29, 1.82) is 0 Å². The Balaban J connectivity index is 1.77. The molecule has 3 rings (SSSR count). The molecule has 0 saturated carbocycles. The van der Waals surface area contributed by atoms with Gasteiger partial charge in [0, 0.05) is 10.2 Å². The van der Waals surface area contributed by atoms with Gasteiger partial charge in [-0.25, -0.2) is 9.78 Å². The van der Waals surface area contributed by atoms with Crippen molar-refractivity contribution in [3.05, 3.63) is 83.8 Å². The van der Waals surface area contributed by atoms with Gasteiger partial charge in [-0.2, -0.15) is 0 Å². The van der Waals surface area contributed by atoms with Crippen molar-refractivity contribution in [3.63, 3.8) is 0 Å². The molecule has 0 radical (unpaired) electrons. The minimum atomic E-state index is -0.441. The number of rotatable bonds is 6. The summed E-state index contributed by atoms with van der Waals surface area (Å²) in [5, 5.41) is 3.44. The number of amides is 2. The van der Waals surface area contributed by atoms with E-state index in [-0.39, 0.29) is 10.6 Å². The lowest BCUT2D eigenvalue weighted by Crippen LogP contribution is -2.23. The first-order valence-corrected chi connectivity index (χ1v) is 11.9. The third-order valence-electron chi connectivity index (χ3n) is 3.88. The molecule has 1 aromatic heterocycles. The number of thioether (sulfide) groups is 1. The van der Waals surface area contributed by atoms with E-state index >= 15 is 0 Å². The van der Waals surface area contributed by atoms with Crippen LogP contribution in [0.2, 0.25) is 5.02 Å². The number of carbonyl (C=O) groups is 1. The fourth-order valence-electron chi connectivity index (χ4n) is 2.55. The van der Waals surface area contributed by atoms with Gasteiger partial charge in [0.25, 0.3) is 5.56 Å². The third-order valence-corrected chi connectivity index (χ3v) is 6.79. The predicted octanol–water partition coefficient (Wildman–Crippen LogP) is 6.88. The molecule has 11 heteroatoms. The van der Waals surface area contributed by atoms with Crippen LogP contribution in [0.3, 0.4) is 0 Å². The molecule has 0 aliphatic carbocycles. The first-order chi connectivity index (χ1) is 14.8. The van der Waals surface area contributed by atoms with Gasteiger partial charge in [-0.1, -0.05) is 63.5 Å². The van der Waals surface area contributed by atoms with E-state index in [1.54, 1.807) is 30.3 Å². The summed E-state index contributed by atoms with van der Waals surface area (Å²) in [4.78, 5) is 29.4. The van der Waals surface area contributed by atoms with Gasteiger partial charge in [-0.05, 0) is 55.3 Å². The van der Waals surface area contributed by atoms with E-state index in [1.165, 1.54) is 22.7 Å². The molecule has 6 nitrogen and oxygen atoms in total. The second-order valence-electron chi connectivity index (χ2n) is 5.97. The molecule has 31 heavy (non-hydrogen) atoms. The van der Waals surface area contributed by atoms with Crippen molar-refractivity contribution in [2.45, 2.75) is 6.92 Å². The molecule has 0 fully saturated rings. The van der Waals surface area contributed by atoms with Crippen LogP contribution in [-0.2, 0) is 0 Å². The van der Waals surface area contributed by atoms with Gasteiger partial charge in [-0.15, -0.1) is 0 Å². The van der Waals surface area contributed by atoms with Crippen LogP contribution < -0.4 is 15.6 Å². The Labute approximate surface area is 205 Å². The number of fused-ring (bicyclic) bond motifs is 1. The lowest BCUT2D eigenvalue weighted by Gasteiger charge is -2.12. The molecular weight excluding hydrogens is 543 g/mol. The highest BCUT2D eigenvalue weighted by Crippen LogP contribution is 2.33. The van der Waals surface area contributed by atoms with Gasteiger partial charge in [0.05, 0.1) is 30.2 Å². The Kier molecular flexibility index (Phi) is 8.12. The van der Waals surface area contributed by atoms with Gasteiger partial charge in [0.2, 0.25) is 0 Å². The van der Waals surface area contributed by atoms with Crippen LogP contribution in [0.15, 0.2) is 73.2 Å². The number of allylic oxidation sites excluding steroid dienone is 1. The Morgan fingerprint density at radius 1 is 1.29 bits per heavy atom. The van der Waals surface area contributed by atoms with Gasteiger partial charge < -0.3 is 5.32 Å². The summed E-state index contributed by atoms with van der Waals surface area (Å²) in [7, 11) is 0. The van der Waals surface area contributed by atoms with E-state index in [4.69, 9.17) is 23.2 Å². The van der Waals surface area contributed by atoms with Crippen molar-refractivity contribution in [3.8, 4) is 5.69 Å². The van der Waals surface area contributed by atoms with Gasteiger partial charge in [0.15, 0.2) is 0 Å². The smallest absolute Gasteiger partial charge is 0.307 e. The van der Waals surface area contributed by atoms with Crippen LogP contribution in [0.5, 0.6) is 0 Å². The summed E-state index contributed by atoms with van der Waals surface area (Å²) in [6, 6.07) is 9.70. The summed E-state index contributed by atoms with van der Waals surface area (Å²) in [5.74, 6) is 0. The highest BCUT2D eigenvalue weighted by Gasteiger charge is 2.11. The SMILES string of the molecule is C=C(Cl)S/C(=C\C)SNC(=O)Nc1ccc(-n2cnc3ccc(Br)cc3c2=O)c(Cl)c1. The normalized spacial score (nSPS) is 11.4. The Bertz CT molecular complexity index is 1260. The predicted molar refractivity (Wildman–Crippen MR) is 136 cm³/mol. The summed E-state index contributed by atoms with van der Waals surface area (Å²) < 4.78 is 5.97. The summed E-state index contributed by atoms with van der Waals surface area (Å²) >= 11 is 17.9. The summed E-state index contributed by atoms with van der Waals surface area (Å²) in [6.45, 7) is 5.44. The van der Waals surface area contributed by atoms with Crippen molar-refractivity contribution < 1.29 is 4.79 Å². The molecule has 0 unspecified atom stereocenters. The van der Waals surface area contributed by atoms with E-state index in [2.05, 4.69) is 37.5 Å². The molecule has 0 bridgehead atoms. The van der Waals surface area contributed by atoms with Crippen LogP contribution in [-0.4, -0.2) is 15.6 Å². The number of anilines is 1. The van der Waals surface area contributed by atoms with Crippen LogP contribution in [0.1, 0.15) is 6.92 Å². The molecular formula is C20H15BrCl2N4O2S2. The molecule has 2 amide bonds. The lowest BCUT2D eigenvalue weighted by molar-refractivity contribution is 0.257. The van der Waals surface area contributed by atoms with Crippen molar-refractivity contribution in [2.24, 2.45) is 0 Å². The third kappa shape index (κ3) is 6.08. The average Bonchev–Trinajstić information content (AvgIpc) is 2.72. The van der Waals surface area contributed by atoms with E-state index in [0.717, 1.165) is 20.7 Å². The van der Waals surface area contributed by atoms with Crippen LogP contribution >= 0.6 is 62.8 Å². The van der Waals surface area contributed by atoms with Crippen molar-refractivity contribution in [1.82, 2.24) is 14.3 Å². The molecule has 3 aromatic rings. The first-order valence-electron chi connectivity index (χ1n) is 8.67. The zero-order chi connectivity index (χ0) is 22.5. The number of nitrogens with zero attached hydrogens (tertiary/aromatic N) is 2. The largest absolute Gasteiger partial charge is 0.329 e. The van der Waals surface area contributed by atoms with E-state index in [0.29, 0.717) is 26.6 Å². The highest BCUT2D eigenvalue weighted by atomic mass is 79.9. The number of hydrogen-bond donors (Lipinski definition) is 2. The van der Waals surface area contributed by atoms with Gasteiger partial charge in [0.1, 0.15) is 6.33 Å². The molecule has 1 heterocycles. The monoisotopic (exact) mass is 556 g/mol. The van der Waals surface area contributed by atoms with Crippen LogP contribution in [0.4, 0.5) is 10.5 Å². The second kappa shape index (κ2) is 10.6. The summed E-state index contributed by atoms with van der Waals surface area (Å²) in [6.07, 6.45) is 3.24.